The number of aliphatic carboxylic acids is 1. The molecular formula is C11H19N3O3. The Morgan fingerprint density at radius 3 is 2.88 bits per heavy atom. The molecule has 1 aromatic heterocycles. The van der Waals surface area contributed by atoms with Crippen LogP contribution in [-0.4, -0.2) is 39.7 Å². The number of aryl methyl sites for hydroxylation is 1. The van der Waals surface area contributed by atoms with Crippen LogP contribution in [0.5, 0.6) is 0 Å². The Labute approximate surface area is 101 Å². The lowest BCUT2D eigenvalue weighted by Crippen LogP contribution is -2.28. The van der Waals surface area contributed by atoms with Gasteiger partial charge < -0.3 is 9.63 Å². The van der Waals surface area contributed by atoms with E-state index in [1.54, 1.807) is 6.92 Å². The van der Waals surface area contributed by atoms with Gasteiger partial charge in [-0.15, -0.1) is 0 Å². The van der Waals surface area contributed by atoms with Gasteiger partial charge in [0.2, 0.25) is 5.89 Å². The SMILES string of the molecule is CCCc1nc(CN(C)CC(C)C(=O)O)no1. The fraction of sp³-hybridized carbons (Fsp3) is 0.727. The molecule has 17 heavy (non-hydrogen) atoms. The molecule has 0 aromatic carbocycles. The number of rotatable bonds is 7. The van der Waals surface area contributed by atoms with Crippen molar-refractivity contribution in [3.05, 3.63) is 11.7 Å². The molecule has 1 aromatic rings. The predicted molar refractivity (Wildman–Crippen MR) is 61.4 cm³/mol. The molecule has 1 heterocycles. The molecule has 6 heteroatoms. The zero-order valence-electron chi connectivity index (χ0n) is 10.5. The third kappa shape index (κ3) is 4.52. The van der Waals surface area contributed by atoms with Crippen molar-refractivity contribution in [1.29, 1.82) is 0 Å². The van der Waals surface area contributed by atoms with Gasteiger partial charge in [0.25, 0.3) is 0 Å². The fourth-order valence-corrected chi connectivity index (χ4v) is 1.52. The standard InChI is InChI=1S/C11H19N3O3/c1-4-5-10-12-9(13-17-10)7-14(3)6-8(2)11(15)16/h8H,4-7H2,1-3H3,(H,15,16). The highest BCUT2D eigenvalue weighted by Crippen LogP contribution is 2.05. The van der Waals surface area contributed by atoms with E-state index in [0.29, 0.717) is 24.8 Å². The van der Waals surface area contributed by atoms with Crippen LogP contribution in [0.15, 0.2) is 4.52 Å². The van der Waals surface area contributed by atoms with Gasteiger partial charge in [-0.05, 0) is 13.5 Å². The van der Waals surface area contributed by atoms with Crippen LogP contribution in [0.4, 0.5) is 0 Å². The first kappa shape index (κ1) is 13.6. The van der Waals surface area contributed by atoms with Crippen LogP contribution >= 0.6 is 0 Å². The summed E-state index contributed by atoms with van der Waals surface area (Å²) in [5.41, 5.74) is 0. The van der Waals surface area contributed by atoms with Crippen molar-refractivity contribution in [2.75, 3.05) is 13.6 Å². The van der Waals surface area contributed by atoms with Gasteiger partial charge in [0.15, 0.2) is 5.82 Å². The van der Waals surface area contributed by atoms with Gasteiger partial charge in [0.05, 0.1) is 12.5 Å². The molecule has 0 fully saturated rings. The Morgan fingerprint density at radius 2 is 2.29 bits per heavy atom. The molecule has 0 spiro atoms. The predicted octanol–water partition coefficient (Wildman–Crippen LogP) is 1.17. The van der Waals surface area contributed by atoms with Crippen molar-refractivity contribution in [3.8, 4) is 0 Å². The minimum Gasteiger partial charge on any atom is -0.481 e. The first-order chi connectivity index (χ1) is 8.02. The lowest BCUT2D eigenvalue weighted by molar-refractivity contribution is -0.141. The first-order valence-electron chi connectivity index (χ1n) is 5.75. The van der Waals surface area contributed by atoms with Crippen LogP contribution in [-0.2, 0) is 17.8 Å². The van der Waals surface area contributed by atoms with Crippen molar-refractivity contribution in [2.45, 2.75) is 33.2 Å². The summed E-state index contributed by atoms with van der Waals surface area (Å²) in [4.78, 5) is 16.8. The molecule has 0 aliphatic rings. The van der Waals surface area contributed by atoms with Crippen LogP contribution in [0.2, 0.25) is 0 Å². The van der Waals surface area contributed by atoms with E-state index < -0.39 is 11.9 Å². The highest BCUT2D eigenvalue weighted by atomic mass is 16.5. The quantitative estimate of drug-likeness (QED) is 0.772. The Bertz CT molecular complexity index is 365. The molecule has 1 unspecified atom stereocenters. The highest BCUT2D eigenvalue weighted by Gasteiger charge is 2.15. The van der Waals surface area contributed by atoms with E-state index >= 15 is 0 Å². The second-order valence-corrected chi connectivity index (χ2v) is 4.29. The molecule has 0 radical (unpaired) electrons. The van der Waals surface area contributed by atoms with E-state index in [2.05, 4.69) is 10.1 Å². The minimum absolute atomic E-state index is 0.401. The molecule has 0 bridgehead atoms. The van der Waals surface area contributed by atoms with Crippen LogP contribution in [0.3, 0.4) is 0 Å². The molecule has 0 saturated heterocycles. The average Bonchev–Trinajstić information content (AvgIpc) is 2.65. The summed E-state index contributed by atoms with van der Waals surface area (Å²) in [6.45, 7) is 4.69. The Morgan fingerprint density at radius 1 is 1.59 bits per heavy atom. The van der Waals surface area contributed by atoms with Crippen LogP contribution in [0.25, 0.3) is 0 Å². The molecule has 1 N–H and O–H groups in total. The summed E-state index contributed by atoms with van der Waals surface area (Å²) in [6.07, 6.45) is 1.75. The highest BCUT2D eigenvalue weighted by molar-refractivity contribution is 5.69. The minimum atomic E-state index is -0.795. The fourth-order valence-electron chi connectivity index (χ4n) is 1.52. The molecular weight excluding hydrogens is 222 g/mol. The molecule has 1 atom stereocenters. The van der Waals surface area contributed by atoms with Crippen LogP contribution in [0, 0.1) is 5.92 Å². The molecule has 0 aliphatic heterocycles. The summed E-state index contributed by atoms with van der Waals surface area (Å²) >= 11 is 0. The van der Waals surface area contributed by atoms with Crippen molar-refractivity contribution in [2.24, 2.45) is 5.92 Å². The lowest BCUT2D eigenvalue weighted by Gasteiger charge is -2.16. The van der Waals surface area contributed by atoms with Crippen molar-refractivity contribution in [1.82, 2.24) is 15.0 Å². The van der Waals surface area contributed by atoms with Crippen molar-refractivity contribution in [3.63, 3.8) is 0 Å². The maximum atomic E-state index is 10.7. The number of carboxylic acid groups (broad SMARTS) is 1. The Kier molecular flexibility index (Phi) is 5.09. The maximum Gasteiger partial charge on any atom is 0.307 e. The molecule has 1 rings (SSSR count). The number of hydrogen-bond donors (Lipinski definition) is 1. The third-order valence-corrected chi connectivity index (χ3v) is 2.39. The number of carboxylic acids is 1. The Balaban J connectivity index is 2.44. The van der Waals surface area contributed by atoms with E-state index in [9.17, 15) is 4.79 Å². The van der Waals surface area contributed by atoms with E-state index in [1.165, 1.54) is 0 Å². The summed E-state index contributed by atoms with van der Waals surface area (Å²) in [7, 11) is 1.84. The largest absolute Gasteiger partial charge is 0.481 e. The van der Waals surface area contributed by atoms with Gasteiger partial charge >= 0.3 is 5.97 Å². The van der Waals surface area contributed by atoms with Gasteiger partial charge in [0, 0.05) is 13.0 Å². The molecule has 96 valence electrons. The monoisotopic (exact) mass is 241 g/mol. The van der Waals surface area contributed by atoms with E-state index in [-0.39, 0.29) is 0 Å². The summed E-state index contributed by atoms with van der Waals surface area (Å²) in [6, 6.07) is 0. The second-order valence-electron chi connectivity index (χ2n) is 4.29. The molecule has 0 amide bonds. The van der Waals surface area contributed by atoms with Crippen LogP contribution in [0.1, 0.15) is 32.0 Å². The zero-order valence-corrected chi connectivity index (χ0v) is 10.5. The van der Waals surface area contributed by atoms with E-state index in [1.807, 2.05) is 18.9 Å². The number of aromatic nitrogens is 2. The lowest BCUT2D eigenvalue weighted by atomic mass is 10.2. The van der Waals surface area contributed by atoms with Crippen molar-refractivity contribution >= 4 is 5.97 Å². The summed E-state index contributed by atoms with van der Waals surface area (Å²) < 4.78 is 5.05. The Hall–Kier alpha value is -1.43. The normalized spacial score (nSPS) is 12.9. The van der Waals surface area contributed by atoms with Gasteiger partial charge in [-0.3, -0.25) is 9.69 Å². The molecule has 0 saturated carbocycles. The van der Waals surface area contributed by atoms with Crippen LogP contribution < -0.4 is 0 Å². The second kappa shape index (κ2) is 6.34. The van der Waals surface area contributed by atoms with Crippen molar-refractivity contribution < 1.29 is 14.4 Å². The van der Waals surface area contributed by atoms with Gasteiger partial charge in [0.1, 0.15) is 0 Å². The first-order valence-corrected chi connectivity index (χ1v) is 5.75. The average molecular weight is 241 g/mol. The van der Waals surface area contributed by atoms with E-state index in [0.717, 1.165) is 12.8 Å². The maximum absolute atomic E-state index is 10.7. The molecule has 0 aliphatic carbocycles. The summed E-state index contributed by atoms with van der Waals surface area (Å²) in [5, 5.41) is 12.6. The van der Waals surface area contributed by atoms with Gasteiger partial charge in [-0.2, -0.15) is 4.98 Å². The number of nitrogens with zero attached hydrogens (tertiary/aromatic N) is 3. The smallest absolute Gasteiger partial charge is 0.307 e. The third-order valence-electron chi connectivity index (χ3n) is 2.39. The number of hydrogen-bond acceptors (Lipinski definition) is 5. The molecule has 6 nitrogen and oxygen atoms in total. The summed E-state index contributed by atoms with van der Waals surface area (Å²) in [5.74, 6) is 0.0503. The zero-order chi connectivity index (χ0) is 12.8. The number of carbonyl (C=O) groups is 1. The van der Waals surface area contributed by atoms with Gasteiger partial charge in [-0.25, -0.2) is 0 Å². The topological polar surface area (TPSA) is 79.5 Å². The van der Waals surface area contributed by atoms with E-state index in [4.69, 9.17) is 9.63 Å². The van der Waals surface area contributed by atoms with Gasteiger partial charge in [-0.1, -0.05) is 19.0 Å².